The molecule has 7 aromatic rings. The molecule has 0 spiro atoms. The molecule has 34 heteroatoms. The van der Waals surface area contributed by atoms with Gasteiger partial charge < -0.3 is 135 Å². The van der Waals surface area contributed by atoms with Gasteiger partial charge in [0.2, 0.25) is 23.9 Å². The lowest BCUT2D eigenvalue weighted by Gasteiger charge is -2.43. The van der Waals surface area contributed by atoms with Crippen molar-refractivity contribution in [2.45, 2.75) is 30.7 Å². The highest BCUT2D eigenvalue weighted by molar-refractivity contribution is 5.98. The molecule has 1 fully saturated rings. The summed E-state index contributed by atoms with van der Waals surface area (Å²) in [7, 11) is 0. The van der Waals surface area contributed by atoms with Crippen molar-refractivity contribution in [3.63, 3.8) is 0 Å². The van der Waals surface area contributed by atoms with Gasteiger partial charge in [0.25, 0.3) is 0 Å². The Balaban J connectivity index is 1.23. The smallest absolute Gasteiger partial charge is 0.343 e. The van der Waals surface area contributed by atoms with Gasteiger partial charge in [0, 0.05) is 0 Å². The lowest BCUT2D eigenvalue weighted by atomic mass is 9.97. The molecule has 8 rings (SSSR count). The summed E-state index contributed by atoms with van der Waals surface area (Å²) in [4.78, 5) is 97.1. The number of hydrogen-bond acceptors (Lipinski definition) is 34. The van der Waals surface area contributed by atoms with Crippen molar-refractivity contribution in [3.05, 3.63) is 124 Å². The Kier molecular flexibility index (Phi) is 16.9. The van der Waals surface area contributed by atoms with Gasteiger partial charge in [0.05, 0.1) is 38.9 Å². The lowest BCUT2D eigenvalue weighted by Crippen LogP contribution is -2.63. The molecule has 0 aliphatic carbocycles. The monoisotopic (exact) mass is 1240 g/mol. The maximum atomic E-state index is 14.7. The fourth-order valence-corrected chi connectivity index (χ4v) is 8.00. The molecule has 1 aliphatic rings. The predicted octanol–water partition coefficient (Wildman–Crippen LogP) is 2.95. The summed E-state index contributed by atoms with van der Waals surface area (Å²) in [6.07, 6.45) is -13.1. The van der Waals surface area contributed by atoms with Gasteiger partial charge in [-0.3, -0.25) is 0 Å². The Labute approximate surface area is 491 Å². The summed E-state index contributed by atoms with van der Waals surface area (Å²) in [6, 6.07) is 7.12. The van der Waals surface area contributed by atoms with Gasteiger partial charge in [-0.1, -0.05) is 0 Å². The van der Waals surface area contributed by atoms with Crippen LogP contribution >= 0.6 is 0 Å². The molecule has 89 heavy (non-hydrogen) atoms. The van der Waals surface area contributed by atoms with Crippen LogP contribution in [-0.4, -0.2) is 176 Å². The Morgan fingerprint density at radius 3 is 0.843 bits per heavy atom. The van der Waals surface area contributed by atoms with E-state index in [-0.39, 0.29) is 0 Å². The summed E-state index contributed by atoms with van der Waals surface area (Å²) < 4.78 is 43.8. The quantitative estimate of drug-likeness (QED) is 0.0304. The van der Waals surface area contributed by atoms with Crippen LogP contribution in [0.4, 0.5) is 0 Å². The summed E-state index contributed by atoms with van der Waals surface area (Å²) in [5.41, 5.74) is -6.01. The van der Waals surface area contributed by atoms with Crippen LogP contribution in [0.5, 0.6) is 121 Å². The first-order valence-corrected chi connectivity index (χ1v) is 24.3. The summed E-state index contributed by atoms with van der Waals surface area (Å²) in [6.45, 7) is -1.38. The second-order valence-electron chi connectivity index (χ2n) is 18.4. The normalized spacial score (nSPS) is 16.0. The molecule has 0 aromatic heterocycles. The third kappa shape index (κ3) is 12.9. The molecule has 0 radical (unpaired) electrons. The number of hydrogen-bond donors (Lipinski definition) is 19. The highest BCUT2D eigenvalue weighted by atomic mass is 16.7. The van der Waals surface area contributed by atoms with Crippen LogP contribution in [0.2, 0.25) is 0 Å². The third-order valence-corrected chi connectivity index (χ3v) is 12.4. The minimum Gasteiger partial charge on any atom is -0.504 e. The van der Waals surface area contributed by atoms with E-state index < -0.39 is 239 Å². The highest BCUT2D eigenvalue weighted by Gasteiger charge is 2.55. The van der Waals surface area contributed by atoms with Crippen LogP contribution in [0.1, 0.15) is 72.5 Å². The lowest BCUT2D eigenvalue weighted by molar-refractivity contribution is -0.282. The van der Waals surface area contributed by atoms with Crippen molar-refractivity contribution in [1.82, 2.24) is 0 Å². The van der Waals surface area contributed by atoms with Gasteiger partial charge in [-0.05, 0) is 84.9 Å². The first kappa shape index (κ1) is 62.0. The second kappa shape index (κ2) is 24.3. The Bertz CT molecular complexity index is 3980. The number of carbonyl (C=O) groups is 7. The first-order chi connectivity index (χ1) is 41.8. The van der Waals surface area contributed by atoms with E-state index in [2.05, 4.69) is 0 Å². The van der Waals surface area contributed by atoms with Crippen molar-refractivity contribution in [3.8, 4) is 121 Å². The number of esters is 7. The molecule has 7 aromatic carbocycles. The second-order valence-corrected chi connectivity index (χ2v) is 18.4. The van der Waals surface area contributed by atoms with Crippen molar-refractivity contribution in [1.29, 1.82) is 0 Å². The van der Waals surface area contributed by atoms with Gasteiger partial charge in [-0.2, -0.15) is 0 Å². The predicted molar refractivity (Wildman–Crippen MR) is 279 cm³/mol. The molecule has 1 heterocycles. The number of carbonyl (C=O) groups excluding carboxylic acids is 7. The van der Waals surface area contributed by atoms with Crippen LogP contribution in [-0.2, 0) is 28.4 Å². The molecule has 0 saturated carbocycles. The Morgan fingerprint density at radius 1 is 0.281 bits per heavy atom. The zero-order valence-corrected chi connectivity index (χ0v) is 43.8. The number of phenolic OH excluding ortho intramolecular Hbond substituents is 19. The molecule has 5 atom stereocenters. The largest absolute Gasteiger partial charge is 0.504 e. The van der Waals surface area contributed by atoms with Crippen molar-refractivity contribution in [2.75, 3.05) is 6.61 Å². The fourth-order valence-electron chi connectivity index (χ4n) is 8.00. The van der Waals surface area contributed by atoms with E-state index in [1.165, 1.54) is 0 Å². The van der Waals surface area contributed by atoms with Gasteiger partial charge >= 0.3 is 41.8 Å². The topological polar surface area (TPSA) is 578 Å². The molecule has 1 aliphatic heterocycles. The standard InChI is InChI=1S/C55H40O34/c56-23-1-16(2-24(57)38(23)68)48(75)82-15-37-45(86-51(78)18-5-27(60)40(70)28(61)6-18)46(47(88-52(79)19-7-29(62)41(71)30(63)8-19)55(85-37)89-54(81)20-9-31(64)42(72)32(65)10-20)87-53(80)22-12-34(67)44(74)36(14-22)84-50(77)21-11-33(66)43(73)35(13-21)83-49(76)17-3-25(58)39(69)26(59)4-17/h1-14,37,45-47,55-74H,15H2. The van der Waals surface area contributed by atoms with E-state index in [1.54, 1.807) is 0 Å². The van der Waals surface area contributed by atoms with Crippen LogP contribution in [0, 0.1) is 0 Å². The number of aromatic hydroxyl groups is 19. The molecule has 0 amide bonds. The minimum atomic E-state index is -2.75. The van der Waals surface area contributed by atoms with E-state index in [0.717, 1.165) is 0 Å². The van der Waals surface area contributed by atoms with Crippen LogP contribution in [0.3, 0.4) is 0 Å². The van der Waals surface area contributed by atoms with Crippen molar-refractivity contribution < 1.29 is 168 Å². The average molecular weight is 1240 g/mol. The minimum absolute atomic E-state index is 0.395. The van der Waals surface area contributed by atoms with E-state index >= 15 is 0 Å². The number of benzene rings is 7. The summed E-state index contributed by atoms with van der Waals surface area (Å²) >= 11 is 0. The van der Waals surface area contributed by atoms with Gasteiger partial charge in [-0.25, -0.2) is 33.6 Å². The van der Waals surface area contributed by atoms with Crippen molar-refractivity contribution >= 4 is 41.8 Å². The molecule has 0 bridgehead atoms. The molecule has 19 N–H and O–H groups in total. The molecule has 464 valence electrons. The maximum absolute atomic E-state index is 14.7. The SMILES string of the molecule is O=C(OCC1OC(OC(=O)c2cc(O)c(O)c(O)c2)C(OC(=O)c2cc(O)c(O)c(O)c2)C(OC(=O)c2cc(O)c(O)c(OC(=O)c3cc(O)c(O)c(OC(=O)c4cc(O)c(O)c(O)c4)c3)c2)C1OC(=O)c1cc(O)c(O)c(O)c1)c1cc(O)c(O)c(O)c1. The maximum Gasteiger partial charge on any atom is 0.343 e. The first-order valence-electron chi connectivity index (χ1n) is 24.3. The summed E-state index contributed by atoms with van der Waals surface area (Å²) in [5.74, 6) is -36.2. The summed E-state index contributed by atoms with van der Waals surface area (Å²) in [5, 5.41) is 194. The molecule has 5 unspecified atom stereocenters. The Morgan fingerprint density at radius 2 is 0.517 bits per heavy atom. The molecule has 1 saturated heterocycles. The van der Waals surface area contributed by atoms with Gasteiger partial charge in [0.1, 0.15) is 12.7 Å². The molecular weight excluding hydrogens is 1200 g/mol. The number of ether oxygens (including phenoxy) is 8. The molecular formula is C55H40O34. The van der Waals surface area contributed by atoms with Gasteiger partial charge in [0.15, 0.2) is 121 Å². The van der Waals surface area contributed by atoms with E-state index in [9.17, 15) is 131 Å². The highest BCUT2D eigenvalue weighted by Crippen LogP contribution is 2.44. The number of rotatable bonds is 15. The van der Waals surface area contributed by atoms with Crippen molar-refractivity contribution in [2.24, 2.45) is 0 Å². The van der Waals surface area contributed by atoms with E-state index in [4.69, 9.17) is 37.9 Å². The van der Waals surface area contributed by atoms with Crippen LogP contribution < -0.4 is 9.47 Å². The van der Waals surface area contributed by atoms with Gasteiger partial charge in [-0.15, -0.1) is 0 Å². The van der Waals surface area contributed by atoms with E-state index in [1.807, 2.05) is 0 Å². The Hall–Kier alpha value is -13.0. The third-order valence-electron chi connectivity index (χ3n) is 12.4. The van der Waals surface area contributed by atoms with E-state index in [0.29, 0.717) is 84.9 Å². The fraction of sp³-hybridized carbons (Fsp3) is 0.109. The zero-order chi connectivity index (χ0) is 65.4. The van der Waals surface area contributed by atoms with Crippen LogP contribution in [0.25, 0.3) is 0 Å². The molecule has 34 nitrogen and oxygen atoms in total. The van der Waals surface area contributed by atoms with Crippen LogP contribution in [0.15, 0.2) is 84.9 Å². The number of phenols is 19. The average Bonchev–Trinajstić information content (AvgIpc) is 3.08. The zero-order valence-electron chi connectivity index (χ0n) is 43.8.